The molecule has 0 spiro atoms. The Balaban J connectivity index is 1.61. The second-order valence-electron chi connectivity index (χ2n) is 7.75. The number of carbonyl (C=O) groups excluding carboxylic acids is 1. The molecule has 0 N–H and O–H groups in total. The van der Waals surface area contributed by atoms with E-state index < -0.39 is 0 Å². The van der Waals surface area contributed by atoms with E-state index in [1.165, 1.54) is 28.8 Å². The summed E-state index contributed by atoms with van der Waals surface area (Å²) in [5, 5.41) is 1.06. The molecular formula is C25H24N2O2S. The van der Waals surface area contributed by atoms with Gasteiger partial charge in [-0.05, 0) is 48.9 Å². The number of hydrogen-bond donors (Lipinski definition) is 0. The van der Waals surface area contributed by atoms with Crippen LogP contribution in [0, 0.1) is 0 Å². The molecule has 5 heteroatoms. The molecule has 1 aliphatic heterocycles. The predicted molar refractivity (Wildman–Crippen MR) is 122 cm³/mol. The fourth-order valence-corrected chi connectivity index (χ4v) is 5.72. The third-order valence-corrected chi connectivity index (χ3v) is 7.17. The van der Waals surface area contributed by atoms with Crippen LogP contribution in [0.5, 0.6) is 5.75 Å². The highest BCUT2D eigenvalue weighted by molar-refractivity contribution is 7.17. The van der Waals surface area contributed by atoms with E-state index in [0.717, 1.165) is 40.4 Å². The van der Waals surface area contributed by atoms with Gasteiger partial charge in [0.1, 0.15) is 17.3 Å². The lowest BCUT2D eigenvalue weighted by Gasteiger charge is -2.21. The molecule has 0 unspecified atom stereocenters. The van der Waals surface area contributed by atoms with Crippen LogP contribution in [0.15, 0.2) is 59.6 Å². The molecule has 0 radical (unpaired) electrons. The predicted octanol–water partition coefficient (Wildman–Crippen LogP) is 5.02. The number of anilines is 1. The van der Waals surface area contributed by atoms with Gasteiger partial charge in [0.05, 0.1) is 19.4 Å². The maximum absolute atomic E-state index is 13.2. The summed E-state index contributed by atoms with van der Waals surface area (Å²) in [6.07, 6.45) is 4.58. The van der Waals surface area contributed by atoms with E-state index in [2.05, 4.69) is 12.1 Å². The third kappa shape index (κ3) is 3.43. The second-order valence-corrected chi connectivity index (χ2v) is 8.83. The van der Waals surface area contributed by atoms with Crippen LogP contribution in [0.3, 0.4) is 0 Å². The fraction of sp³-hybridized carbons (Fsp3) is 0.280. The summed E-state index contributed by atoms with van der Waals surface area (Å²) >= 11 is 1.79. The summed E-state index contributed by atoms with van der Waals surface area (Å²) in [4.78, 5) is 21.4. The topological polar surface area (TPSA) is 41.9 Å². The fourth-order valence-electron chi connectivity index (χ4n) is 4.32. The zero-order valence-corrected chi connectivity index (χ0v) is 17.9. The van der Waals surface area contributed by atoms with Gasteiger partial charge in [0.2, 0.25) is 5.91 Å². The molecule has 0 bridgehead atoms. The summed E-state index contributed by atoms with van der Waals surface area (Å²) in [6.45, 7) is 0.726. The zero-order chi connectivity index (χ0) is 20.5. The first-order valence-electron chi connectivity index (χ1n) is 10.4. The molecule has 1 amide bonds. The molecule has 4 nitrogen and oxygen atoms in total. The number of thiophene rings is 1. The summed E-state index contributed by atoms with van der Waals surface area (Å²) in [5.74, 6) is 0.875. The highest BCUT2D eigenvalue weighted by atomic mass is 32.1. The van der Waals surface area contributed by atoms with Crippen LogP contribution in [0.1, 0.15) is 40.0 Å². The van der Waals surface area contributed by atoms with Gasteiger partial charge >= 0.3 is 0 Å². The molecule has 152 valence electrons. The minimum atomic E-state index is 0.0524. The Morgan fingerprint density at radius 3 is 2.57 bits per heavy atom. The Morgan fingerprint density at radius 1 is 1.03 bits per heavy atom. The van der Waals surface area contributed by atoms with E-state index in [0.29, 0.717) is 6.54 Å². The molecule has 0 saturated heterocycles. The Morgan fingerprint density at radius 2 is 1.80 bits per heavy atom. The SMILES string of the molecule is COc1ccc(CN2C(=O)CN=C(c3ccccc3)c3c2sc2c3CCCC2)cc1. The number of nitrogens with zero attached hydrogens (tertiary/aromatic N) is 2. The third-order valence-electron chi connectivity index (χ3n) is 5.86. The number of methoxy groups -OCH3 is 1. The van der Waals surface area contributed by atoms with Gasteiger partial charge in [-0.25, -0.2) is 0 Å². The van der Waals surface area contributed by atoms with Crippen LogP contribution in [-0.2, 0) is 24.2 Å². The second kappa shape index (κ2) is 8.07. The monoisotopic (exact) mass is 416 g/mol. The van der Waals surface area contributed by atoms with Gasteiger partial charge in [-0.15, -0.1) is 11.3 Å². The normalized spacial score (nSPS) is 15.8. The van der Waals surface area contributed by atoms with E-state index in [9.17, 15) is 4.79 Å². The van der Waals surface area contributed by atoms with Crippen molar-refractivity contribution >= 4 is 28.0 Å². The van der Waals surface area contributed by atoms with Crippen LogP contribution >= 0.6 is 11.3 Å². The van der Waals surface area contributed by atoms with Crippen molar-refractivity contribution in [1.29, 1.82) is 0 Å². The van der Waals surface area contributed by atoms with Crippen molar-refractivity contribution in [3.8, 4) is 5.75 Å². The van der Waals surface area contributed by atoms with Gasteiger partial charge in [0.15, 0.2) is 0 Å². The molecule has 1 aromatic heterocycles. The largest absolute Gasteiger partial charge is 0.497 e. The molecule has 2 aromatic carbocycles. The summed E-state index contributed by atoms with van der Waals surface area (Å²) in [7, 11) is 1.66. The quantitative estimate of drug-likeness (QED) is 0.599. The minimum absolute atomic E-state index is 0.0524. The maximum atomic E-state index is 13.2. The number of hydrogen-bond acceptors (Lipinski definition) is 4. The van der Waals surface area contributed by atoms with Crippen LogP contribution < -0.4 is 9.64 Å². The lowest BCUT2D eigenvalue weighted by molar-refractivity contribution is -0.117. The van der Waals surface area contributed by atoms with Crippen molar-refractivity contribution in [2.45, 2.75) is 32.2 Å². The number of amides is 1. The van der Waals surface area contributed by atoms with E-state index in [4.69, 9.17) is 9.73 Å². The first-order valence-corrected chi connectivity index (χ1v) is 11.2. The first kappa shape index (κ1) is 19.1. The molecular weight excluding hydrogens is 392 g/mol. The Kier molecular flexibility index (Phi) is 5.13. The van der Waals surface area contributed by atoms with Crippen LogP contribution in [0.4, 0.5) is 5.00 Å². The van der Waals surface area contributed by atoms with Crippen LogP contribution in [0.2, 0.25) is 0 Å². The van der Waals surface area contributed by atoms with E-state index >= 15 is 0 Å². The number of benzene rings is 2. The molecule has 0 saturated carbocycles. The highest BCUT2D eigenvalue weighted by Crippen LogP contribution is 2.43. The lowest BCUT2D eigenvalue weighted by atomic mass is 9.91. The molecule has 0 atom stereocenters. The molecule has 2 heterocycles. The number of rotatable bonds is 4. The first-order chi connectivity index (χ1) is 14.7. The number of ether oxygens (including phenoxy) is 1. The van der Waals surface area contributed by atoms with E-state index in [1.807, 2.05) is 47.4 Å². The van der Waals surface area contributed by atoms with Gasteiger partial charge in [0, 0.05) is 16.0 Å². The van der Waals surface area contributed by atoms with Gasteiger partial charge in [-0.2, -0.15) is 0 Å². The van der Waals surface area contributed by atoms with Crippen molar-refractivity contribution in [2.75, 3.05) is 18.6 Å². The van der Waals surface area contributed by atoms with Crippen molar-refractivity contribution < 1.29 is 9.53 Å². The molecule has 5 rings (SSSR count). The number of fused-ring (bicyclic) bond motifs is 3. The Labute approximate surface area is 180 Å². The van der Waals surface area contributed by atoms with Crippen molar-refractivity contribution in [2.24, 2.45) is 4.99 Å². The molecule has 2 aliphatic rings. The lowest BCUT2D eigenvalue weighted by Crippen LogP contribution is -2.31. The average molecular weight is 417 g/mol. The highest BCUT2D eigenvalue weighted by Gasteiger charge is 2.32. The molecule has 1 aliphatic carbocycles. The van der Waals surface area contributed by atoms with Crippen molar-refractivity contribution in [1.82, 2.24) is 0 Å². The number of carbonyl (C=O) groups is 1. The standard InChI is InChI=1S/C25H24N2O2S/c1-29-19-13-11-17(12-14-19)16-27-22(28)15-26-24(18-7-3-2-4-8-18)23-20-9-5-6-10-21(20)30-25(23)27/h2-4,7-8,11-14H,5-6,9-10,15-16H2,1H3. The van der Waals surface area contributed by atoms with Gasteiger partial charge < -0.3 is 4.74 Å². The van der Waals surface area contributed by atoms with E-state index in [1.54, 1.807) is 18.4 Å². The van der Waals surface area contributed by atoms with Crippen molar-refractivity contribution in [3.05, 3.63) is 81.7 Å². The summed E-state index contributed by atoms with van der Waals surface area (Å²) < 4.78 is 5.28. The number of aryl methyl sites for hydroxylation is 1. The maximum Gasteiger partial charge on any atom is 0.249 e. The Hall–Kier alpha value is -2.92. The molecule has 0 fully saturated rings. The van der Waals surface area contributed by atoms with Crippen molar-refractivity contribution in [3.63, 3.8) is 0 Å². The smallest absolute Gasteiger partial charge is 0.249 e. The molecule has 3 aromatic rings. The Bertz CT molecular complexity index is 1100. The van der Waals surface area contributed by atoms with Crippen LogP contribution in [0.25, 0.3) is 0 Å². The molecule has 30 heavy (non-hydrogen) atoms. The summed E-state index contributed by atoms with van der Waals surface area (Å²) in [6, 6.07) is 18.3. The number of aliphatic imine (C=N–C) groups is 1. The van der Waals surface area contributed by atoms with Gasteiger partial charge in [-0.3, -0.25) is 14.7 Å². The van der Waals surface area contributed by atoms with Gasteiger partial charge in [0.25, 0.3) is 0 Å². The van der Waals surface area contributed by atoms with Gasteiger partial charge in [-0.1, -0.05) is 42.5 Å². The average Bonchev–Trinajstić information content (AvgIpc) is 3.11. The van der Waals surface area contributed by atoms with Crippen LogP contribution in [-0.4, -0.2) is 25.3 Å². The minimum Gasteiger partial charge on any atom is -0.497 e. The zero-order valence-electron chi connectivity index (χ0n) is 17.1. The summed E-state index contributed by atoms with van der Waals surface area (Å²) in [5.41, 5.74) is 5.72. The van der Waals surface area contributed by atoms with E-state index in [-0.39, 0.29) is 12.5 Å².